The fourth-order valence-electron chi connectivity index (χ4n) is 3.70. The highest BCUT2D eigenvalue weighted by molar-refractivity contribution is 8.19. The van der Waals surface area contributed by atoms with E-state index in [1.165, 1.54) is 4.90 Å². The molecule has 162 valence electrons. The molecule has 2 amide bonds. The molecule has 1 aliphatic rings. The molecule has 0 saturated carbocycles. The van der Waals surface area contributed by atoms with Crippen molar-refractivity contribution in [2.45, 2.75) is 20.8 Å². The minimum Gasteiger partial charge on any atom is -0.462 e. The fourth-order valence-corrected chi connectivity index (χ4v) is 4.53. The van der Waals surface area contributed by atoms with Crippen LogP contribution in [-0.2, 0) is 9.53 Å². The first-order valence-corrected chi connectivity index (χ1v) is 11.0. The van der Waals surface area contributed by atoms with E-state index in [2.05, 4.69) is 0 Å². The summed E-state index contributed by atoms with van der Waals surface area (Å²) in [6.45, 7) is 6.03. The van der Waals surface area contributed by atoms with E-state index in [-0.39, 0.29) is 17.1 Å². The number of benzene rings is 2. The third-order valence-corrected chi connectivity index (χ3v) is 6.07. The zero-order chi connectivity index (χ0) is 22.8. The molecule has 1 aromatic heterocycles. The van der Waals surface area contributed by atoms with Gasteiger partial charge in [-0.25, -0.2) is 9.69 Å². The van der Waals surface area contributed by atoms with Crippen molar-refractivity contribution >= 4 is 40.6 Å². The quantitative estimate of drug-likeness (QED) is 0.382. The average Bonchev–Trinajstić information content (AvgIpc) is 3.23. The van der Waals surface area contributed by atoms with Crippen LogP contribution in [0, 0.1) is 13.8 Å². The first-order valence-electron chi connectivity index (χ1n) is 10.2. The van der Waals surface area contributed by atoms with Crippen LogP contribution in [0.15, 0.2) is 65.6 Å². The Bertz CT molecular complexity index is 1230. The second kappa shape index (κ2) is 8.88. The zero-order valence-electron chi connectivity index (χ0n) is 18.0. The summed E-state index contributed by atoms with van der Waals surface area (Å²) < 4.78 is 7.08. The van der Waals surface area contributed by atoms with Crippen LogP contribution in [0.5, 0.6) is 0 Å². The number of carbonyl (C=O) groups excluding carboxylic acids is 3. The van der Waals surface area contributed by atoms with E-state index in [9.17, 15) is 14.4 Å². The van der Waals surface area contributed by atoms with E-state index in [1.54, 1.807) is 49.4 Å². The zero-order valence-corrected chi connectivity index (χ0v) is 18.8. The number of carbonyl (C=O) groups is 3. The molecule has 1 aliphatic heterocycles. The minimum atomic E-state index is -0.352. The van der Waals surface area contributed by atoms with E-state index in [0.29, 0.717) is 22.8 Å². The molecular weight excluding hydrogens is 424 g/mol. The highest BCUT2D eigenvalue weighted by Crippen LogP contribution is 2.36. The molecule has 0 bridgehead atoms. The number of nitrogens with zero attached hydrogens (tertiary/aromatic N) is 2. The van der Waals surface area contributed by atoms with Gasteiger partial charge in [0.2, 0.25) is 0 Å². The molecule has 0 spiro atoms. The number of esters is 1. The molecule has 1 fully saturated rings. The summed E-state index contributed by atoms with van der Waals surface area (Å²) in [6, 6.07) is 18.1. The molecule has 32 heavy (non-hydrogen) atoms. The van der Waals surface area contributed by atoms with Crippen LogP contribution in [0.4, 0.5) is 10.5 Å². The van der Waals surface area contributed by atoms with E-state index >= 15 is 0 Å². The lowest BCUT2D eigenvalue weighted by atomic mass is 10.2. The first kappa shape index (κ1) is 21.6. The Kier molecular flexibility index (Phi) is 6.01. The number of ether oxygens (including phenoxy) is 1. The van der Waals surface area contributed by atoms with Gasteiger partial charge in [0.25, 0.3) is 11.1 Å². The van der Waals surface area contributed by atoms with Crippen LogP contribution in [0.1, 0.15) is 34.2 Å². The Balaban J connectivity index is 1.64. The first-order chi connectivity index (χ1) is 15.4. The number of para-hydroxylation sites is 1. The van der Waals surface area contributed by atoms with E-state index in [4.69, 9.17) is 4.74 Å². The molecule has 2 heterocycles. The van der Waals surface area contributed by atoms with Crippen molar-refractivity contribution in [3.8, 4) is 5.69 Å². The molecule has 4 rings (SSSR count). The van der Waals surface area contributed by atoms with Gasteiger partial charge in [0.1, 0.15) is 0 Å². The van der Waals surface area contributed by atoms with Gasteiger partial charge in [-0.1, -0.05) is 18.2 Å². The van der Waals surface area contributed by atoms with Crippen LogP contribution in [0.2, 0.25) is 0 Å². The summed E-state index contributed by atoms with van der Waals surface area (Å²) in [5, 5.41) is -0.309. The van der Waals surface area contributed by atoms with Gasteiger partial charge in [-0.3, -0.25) is 9.59 Å². The van der Waals surface area contributed by atoms with Gasteiger partial charge in [0, 0.05) is 17.1 Å². The maximum absolute atomic E-state index is 12.9. The van der Waals surface area contributed by atoms with E-state index < -0.39 is 0 Å². The lowest BCUT2D eigenvalue weighted by molar-refractivity contribution is -0.113. The van der Waals surface area contributed by atoms with E-state index in [0.717, 1.165) is 34.4 Å². The number of aryl methyl sites for hydroxylation is 1. The number of thioether (sulfide) groups is 1. The van der Waals surface area contributed by atoms with Crippen LogP contribution < -0.4 is 4.90 Å². The molecule has 0 unspecified atom stereocenters. The number of hydrogen-bond donors (Lipinski definition) is 0. The fraction of sp³-hybridized carbons (Fsp3) is 0.160. The molecule has 0 atom stereocenters. The SMILES string of the molecule is CCOC(=O)c1ccc(-n2c(C)cc(C=C3SC(=O)N(c4ccccc4)C3=O)c2C)cc1. The standard InChI is InChI=1S/C25H22N2O4S/c1-4-31-24(29)18-10-12-21(13-11-18)26-16(2)14-19(17(26)3)15-22-23(28)27(25(30)32-22)20-8-6-5-7-9-20/h5-15H,4H2,1-3H3. The van der Waals surface area contributed by atoms with Gasteiger partial charge in [0.05, 0.1) is 22.8 Å². The third-order valence-electron chi connectivity index (χ3n) is 5.20. The summed E-state index contributed by atoms with van der Waals surface area (Å²) in [4.78, 5) is 38.9. The van der Waals surface area contributed by atoms with Crippen molar-refractivity contribution in [1.82, 2.24) is 4.57 Å². The lowest BCUT2D eigenvalue weighted by Crippen LogP contribution is -2.27. The van der Waals surface area contributed by atoms with Gasteiger partial charge in [-0.15, -0.1) is 0 Å². The minimum absolute atomic E-state index is 0.309. The lowest BCUT2D eigenvalue weighted by Gasteiger charge is -2.11. The average molecular weight is 447 g/mol. The molecule has 0 aliphatic carbocycles. The van der Waals surface area contributed by atoms with Crippen LogP contribution >= 0.6 is 11.8 Å². The number of imide groups is 1. The normalized spacial score (nSPS) is 15.0. The third kappa shape index (κ3) is 3.99. The van der Waals surface area contributed by atoms with Crippen LogP contribution in [0.3, 0.4) is 0 Å². The summed E-state index contributed by atoms with van der Waals surface area (Å²) in [5.41, 5.74) is 4.71. The predicted octanol–water partition coefficient (Wildman–Crippen LogP) is 5.51. The molecular formula is C25H22N2O4S. The molecule has 0 radical (unpaired) electrons. The van der Waals surface area contributed by atoms with Crippen molar-refractivity contribution in [3.63, 3.8) is 0 Å². The summed E-state index contributed by atoms with van der Waals surface area (Å²) in [5.74, 6) is -0.676. The highest BCUT2D eigenvalue weighted by atomic mass is 32.2. The van der Waals surface area contributed by atoms with E-state index in [1.807, 2.05) is 42.7 Å². The summed E-state index contributed by atoms with van der Waals surface area (Å²) in [7, 11) is 0. The second-order valence-electron chi connectivity index (χ2n) is 7.28. The van der Waals surface area contributed by atoms with Gasteiger partial charge >= 0.3 is 5.97 Å². The van der Waals surface area contributed by atoms with Gasteiger partial charge < -0.3 is 9.30 Å². The molecule has 3 aromatic rings. The smallest absolute Gasteiger partial charge is 0.338 e. The Labute approximate surface area is 190 Å². The summed E-state index contributed by atoms with van der Waals surface area (Å²) in [6.07, 6.45) is 1.76. The van der Waals surface area contributed by atoms with Crippen LogP contribution in [0.25, 0.3) is 11.8 Å². The second-order valence-corrected chi connectivity index (χ2v) is 8.28. The number of anilines is 1. The highest BCUT2D eigenvalue weighted by Gasteiger charge is 2.36. The largest absolute Gasteiger partial charge is 0.462 e. The Morgan fingerprint density at radius 3 is 2.34 bits per heavy atom. The Morgan fingerprint density at radius 2 is 1.69 bits per heavy atom. The molecule has 2 aromatic carbocycles. The van der Waals surface area contributed by atoms with Gasteiger partial charge in [-0.2, -0.15) is 0 Å². The number of hydrogen-bond acceptors (Lipinski definition) is 5. The van der Waals surface area contributed by atoms with Crippen molar-refractivity contribution < 1.29 is 19.1 Å². The van der Waals surface area contributed by atoms with Crippen molar-refractivity contribution in [2.75, 3.05) is 11.5 Å². The number of rotatable bonds is 5. The molecule has 6 nitrogen and oxygen atoms in total. The Morgan fingerprint density at radius 1 is 1.00 bits per heavy atom. The van der Waals surface area contributed by atoms with Crippen molar-refractivity contribution in [3.05, 3.63) is 88.1 Å². The summed E-state index contributed by atoms with van der Waals surface area (Å²) >= 11 is 0.939. The molecule has 7 heteroatoms. The van der Waals surface area contributed by atoms with Crippen LogP contribution in [-0.4, -0.2) is 28.3 Å². The predicted molar refractivity (Wildman–Crippen MR) is 126 cm³/mol. The molecule has 1 saturated heterocycles. The monoisotopic (exact) mass is 446 g/mol. The topological polar surface area (TPSA) is 68.6 Å². The maximum atomic E-state index is 12.9. The van der Waals surface area contributed by atoms with Gasteiger partial charge in [-0.05, 0) is 86.6 Å². The Hall–Kier alpha value is -3.58. The van der Waals surface area contributed by atoms with Crippen molar-refractivity contribution in [1.29, 1.82) is 0 Å². The molecule has 0 N–H and O–H groups in total. The van der Waals surface area contributed by atoms with Crippen molar-refractivity contribution in [2.24, 2.45) is 0 Å². The number of aromatic nitrogens is 1. The van der Waals surface area contributed by atoms with Gasteiger partial charge in [0.15, 0.2) is 0 Å². The number of amides is 2. The maximum Gasteiger partial charge on any atom is 0.338 e.